The van der Waals surface area contributed by atoms with E-state index in [-0.39, 0.29) is 0 Å². The molecule has 1 N–H and O–H groups in total. The zero-order valence-electron chi connectivity index (χ0n) is 9.46. The molecule has 4 nitrogen and oxygen atoms in total. The topological polar surface area (TPSA) is 50.9 Å². The first-order chi connectivity index (χ1) is 7.65. The number of benzene rings is 1. The quantitative estimate of drug-likeness (QED) is 0.854. The van der Waals surface area contributed by atoms with Crippen LogP contribution in [-0.2, 0) is 5.60 Å². The lowest BCUT2D eigenvalue weighted by Gasteiger charge is -2.21. The molecule has 2 aromatic rings. The van der Waals surface area contributed by atoms with Crippen molar-refractivity contribution in [3.63, 3.8) is 0 Å². The number of nitrogens with zero attached hydrogens (tertiary/aromatic N) is 3. The van der Waals surface area contributed by atoms with Gasteiger partial charge in [-0.2, -0.15) is 0 Å². The lowest BCUT2D eigenvalue weighted by molar-refractivity contribution is 0.0460. The van der Waals surface area contributed by atoms with Gasteiger partial charge in [-0.1, -0.05) is 30.3 Å². The van der Waals surface area contributed by atoms with Gasteiger partial charge in [-0.25, -0.2) is 4.68 Å². The minimum absolute atomic E-state index is 0.618. The van der Waals surface area contributed by atoms with Crippen LogP contribution in [0.15, 0.2) is 36.5 Å². The van der Waals surface area contributed by atoms with E-state index >= 15 is 0 Å². The highest BCUT2D eigenvalue weighted by Gasteiger charge is 2.26. The third kappa shape index (κ3) is 1.84. The molecule has 0 aliphatic rings. The summed E-state index contributed by atoms with van der Waals surface area (Å²) >= 11 is 0. The van der Waals surface area contributed by atoms with E-state index in [1.165, 1.54) is 0 Å². The molecule has 0 amide bonds. The van der Waals surface area contributed by atoms with Crippen molar-refractivity contribution < 1.29 is 5.11 Å². The lowest BCUT2D eigenvalue weighted by atomic mass is 10.00. The molecule has 1 aromatic heterocycles. The van der Waals surface area contributed by atoms with Crippen molar-refractivity contribution in [3.8, 4) is 5.69 Å². The fourth-order valence-corrected chi connectivity index (χ4v) is 1.54. The molecular formula is C12H15N3O. The van der Waals surface area contributed by atoms with E-state index in [0.717, 1.165) is 5.69 Å². The maximum atomic E-state index is 10.2. The van der Waals surface area contributed by atoms with E-state index in [0.29, 0.717) is 12.1 Å². The zero-order valence-corrected chi connectivity index (χ0v) is 9.46. The Bertz CT molecular complexity index is 462. The van der Waals surface area contributed by atoms with E-state index < -0.39 is 5.60 Å². The maximum absolute atomic E-state index is 10.2. The molecule has 0 aliphatic carbocycles. The number of hydrogen-bond acceptors (Lipinski definition) is 3. The highest BCUT2D eigenvalue weighted by molar-refractivity contribution is 5.32. The molecule has 0 bridgehead atoms. The number of rotatable bonds is 3. The van der Waals surface area contributed by atoms with Gasteiger partial charge in [0, 0.05) is 0 Å². The van der Waals surface area contributed by atoms with Gasteiger partial charge >= 0.3 is 0 Å². The Balaban J connectivity index is 2.49. The highest BCUT2D eigenvalue weighted by atomic mass is 16.3. The molecule has 1 aromatic carbocycles. The summed E-state index contributed by atoms with van der Waals surface area (Å²) in [5, 5.41) is 18.1. The van der Waals surface area contributed by atoms with Gasteiger partial charge in [-0.05, 0) is 25.5 Å². The SMILES string of the molecule is CCC(C)(O)c1cnnn1-c1ccccc1. The molecule has 0 saturated heterocycles. The Morgan fingerprint density at radius 3 is 2.62 bits per heavy atom. The molecular weight excluding hydrogens is 202 g/mol. The van der Waals surface area contributed by atoms with Gasteiger partial charge in [-0.15, -0.1) is 5.10 Å². The van der Waals surface area contributed by atoms with Crippen molar-refractivity contribution in [3.05, 3.63) is 42.2 Å². The van der Waals surface area contributed by atoms with Crippen LogP contribution in [0.1, 0.15) is 26.0 Å². The third-order valence-electron chi connectivity index (χ3n) is 2.79. The summed E-state index contributed by atoms with van der Waals surface area (Å²) in [5.74, 6) is 0. The Kier molecular flexibility index (Phi) is 2.75. The molecule has 4 heteroatoms. The fourth-order valence-electron chi connectivity index (χ4n) is 1.54. The van der Waals surface area contributed by atoms with Crippen LogP contribution in [0.25, 0.3) is 5.69 Å². The molecule has 0 saturated carbocycles. The first-order valence-corrected chi connectivity index (χ1v) is 5.34. The predicted octanol–water partition coefficient (Wildman–Crippen LogP) is 1.88. The minimum atomic E-state index is -0.903. The Labute approximate surface area is 94.5 Å². The molecule has 0 spiro atoms. The molecule has 0 fully saturated rings. The van der Waals surface area contributed by atoms with Gasteiger partial charge in [-0.3, -0.25) is 0 Å². The second kappa shape index (κ2) is 4.06. The average Bonchev–Trinajstić information content (AvgIpc) is 2.80. The van der Waals surface area contributed by atoms with Crippen molar-refractivity contribution in [1.29, 1.82) is 0 Å². The molecule has 16 heavy (non-hydrogen) atoms. The second-order valence-electron chi connectivity index (χ2n) is 3.99. The molecule has 84 valence electrons. The summed E-state index contributed by atoms with van der Waals surface area (Å²) in [6, 6.07) is 9.68. The van der Waals surface area contributed by atoms with Crippen molar-refractivity contribution in [2.24, 2.45) is 0 Å². The fraction of sp³-hybridized carbons (Fsp3) is 0.333. The minimum Gasteiger partial charge on any atom is -0.384 e. The van der Waals surface area contributed by atoms with Gasteiger partial charge in [0.2, 0.25) is 0 Å². The lowest BCUT2D eigenvalue weighted by Crippen LogP contribution is -2.23. The van der Waals surface area contributed by atoms with Gasteiger partial charge in [0.25, 0.3) is 0 Å². The largest absolute Gasteiger partial charge is 0.384 e. The van der Waals surface area contributed by atoms with Crippen molar-refractivity contribution >= 4 is 0 Å². The summed E-state index contributed by atoms with van der Waals surface area (Å²) in [7, 11) is 0. The molecule has 2 rings (SSSR count). The summed E-state index contributed by atoms with van der Waals surface area (Å²) in [6.45, 7) is 3.70. The summed E-state index contributed by atoms with van der Waals surface area (Å²) < 4.78 is 1.67. The van der Waals surface area contributed by atoms with E-state index in [2.05, 4.69) is 10.3 Å². The van der Waals surface area contributed by atoms with Crippen LogP contribution in [0.4, 0.5) is 0 Å². The first-order valence-electron chi connectivity index (χ1n) is 5.34. The van der Waals surface area contributed by atoms with Crippen LogP contribution in [0.2, 0.25) is 0 Å². The average molecular weight is 217 g/mol. The van der Waals surface area contributed by atoms with Crippen molar-refractivity contribution in [2.75, 3.05) is 0 Å². The number of para-hydroxylation sites is 1. The smallest absolute Gasteiger partial charge is 0.105 e. The Morgan fingerprint density at radius 1 is 1.31 bits per heavy atom. The second-order valence-corrected chi connectivity index (χ2v) is 3.99. The third-order valence-corrected chi connectivity index (χ3v) is 2.79. The summed E-state index contributed by atoms with van der Waals surface area (Å²) in [6.07, 6.45) is 2.23. The Hall–Kier alpha value is -1.68. The standard InChI is InChI=1S/C12H15N3O/c1-3-12(2,16)11-9-13-14-15(11)10-7-5-4-6-8-10/h4-9,16H,3H2,1-2H3. The summed E-state index contributed by atoms with van der Waals surface area (Å²) in [4.78, 5) is 0. The molecule has 0 radical (unpaired) electrons. The van der Waals surface area contributed by atoms with Crippen LogP contribution in [0.3, 0.4) is 0 Å². The van der Waals surface area contributed by atoms with Gasteiger partial charge in [0.1, 0.15) is 5.60 Å². The van der Waals surface area contributed by atoms with Crippen LogP contribution in [-0.4, -0.2) is 20.1 Å². The maximum Gasteiger partial charge on any atom is 0.105 e. The van der Waals surface area contributed by atoms with E-state index in [9.17, 15) is 5.11 Å². The van der Waals surface area contributed by atoms with Crippen LogP contribution < -0.4 is 0 Å². The van der Waals surface area contributed by atoms with Gasteiger partial charge in [0.15, 0.2) is 0 Å². The molecule has 1 unspecified atom stereocenters. The van der Waals surface area contributed by atoms with E-state index in [1.807, 2.05) is 37.3 Å². The highest BCUT2D eigenvalue weighted by Crippen LogP contribution is 2.24. The molecule has 1 heterocycles. The summed E-state index contributed by atoms with van der Waals surface area (Å²) in [5.41, 5.74) is 0.712. The predicted molar refractivity (Wildman–Crippen MR) is 61.2 cm³/mol. The van der Waals surface area contributed by atoms with Crippen LogP contribution >= 0.6 is 0 Å². The Morgan fingerprint density at radius 2 is 2.00 bits per heavy atom. The van der Waals surface area contributed by atoms with E-state index in [1.54, 1.807) is 17.8 Å². The van der Waals surface area contributed by atoms with Gasteiger partial charge < -0.3 is 5.11 Å². The monoisotopic (exact) mass is 217 g/mol. The number of hydrogen-bond donors (Lipinski definition) is 1. The first kappa shape index (κ1) is 10.8. The van der Waals surface area contributed by atoms with Crippen molar-refractivity contribution in [2.45, 2.75) is 25.9 Å². The number of aliphatic hydroxyl groups is 1. The molecule has 0 aliphatic heterocycles. The number of aromatic nitrogens is 3. The zero-order chi connectivity index (χ0) is 11.6. The normalized spacial score (nSPS) is 14.7. The van der Waals surface area contributed by atoms with Crippen LogP contribution in [0, 0.1) is 0 Å². The van der Waals surface area contributed by atoms with E-state index in [4.69, 9.17) is 0 Å². The van der Waals surface area contributed by atoms with Crippen LogP contribution in [0.5, 0.6) is 0 Å². The van der Waals surface area contributed by atoms with Crippen molar-refractivity contribution in [1.82, 2.24) is 15.0 Å². The van der Waals surface area contributed by atoms with Gasteiger partial charge in [0.05, 0.1) is 17.6 Å². The molecule has 1 atom stereocenters.